The van der Waals surface area contributed by atoms with Gasteiger partial charge in [-0.15, -0.1) is 0 Å². The van der Waals surface area contributed by atoms with Crippen molar-refractivity contribution in [2.24, 2.45) is 5.41 Å². The molecule has 0 aliphatic rings. The maximum absolute atomic E-state index is 6.14. The summed E-state index contributed by atoms with van der Waals surface area (Å²) in [7, 11) is 0. The fourth-order valence-corrected chi connectivity index (χ4v) is 2.06. The van der Waals surface area contributed by atoms with Gasteiger partial charge in [-0.2, -0.15) is 0 Å². The number of nitrogens with one attached hydrogen (secondary N) is 1. The Hall–Kier alpha value is -0.860. The van der Waals surface area contributed by atoms with Crippen LogP contribution in [0.4, 0.5) is 0 Å². The van der Waals surface area contributed by atoms with Crippen molar-refractivity contribution < 1.29 is 4.74 Å². The molecule has 0 bridgehead atoms. The first kappa shape index (κ1) is 17.2. The molecule has 0 fully saturated rings. The van der Waals surface area contributed by atoms with E-state index in [1.807, 2.05) is 0 Å². The van der Waals surface area contributed by atoms with Crippen LogP contribution in [-0.4, -0.2) is 19.7 Å². The normalized spacial score (nSPS) is 13.4. The molecule has 0 amide bonds. The summed E-state index contributed by atoms with van der Waals surface area (Å²) >= 11 is 0. The van der Waals surface area contributed by atoms with E-state index >= 15 is 0 Å². The Balaban J connectivity index is 2.60. The van der Waals surface area contributed by atoms with Gasteiger partial charge >= 0.3 is 0 Å². The second kappa shape index (κ2) is 8.43. The van der Waals surface area contributed by atoms with E-state index in [1.165, 1.54) is 11.1 Å². The van der Waals surface area contributed by atoms with E-state index in [0.29, 0.717) is 5.41 Å². The van der Waals surface area contributed by atoms with Gasteiger partial charge in [0, 0.05) is 13.2 Å². The molecule has 1 N–H and O–H groups in total. The average Bonchev–Trinajstić information content (AvgIpc) is 2.36. The van der Waals surface area contributed by atoms with E-state index in [1.54, 1.807) is 0 Å². The van der Waals surface area contributed by atoms with Crippen LogP contribution >= 0.6 is 0 Å². The third kappa shape index (κ3) is 7.06. The van der Waals surface area contributed by atoms with Crippen LogP contribution in [0.15, 0.2) is 24.3 Å². The monoisotopic (exact) mass is 277 g/mol. The van der Waals surface area contributed by atoms with Gasteiger partial charge in [0.25, 0.3) is 0 Å². The molecule has 20 heavy (non-hydrogen) atoms. The van der Waals surface area contributed by atoms with Gasteiger partial charge in [0.2, 0.25) is 0 Å². The van der Waals surface area contributed by atoms with Gasteiger partial charge in [0.05, 0.1) is 6.10 Å². The average molecular weight is 277 g/mol. The van der Waals surface area contributed by atoms with E-state index in [0.717, 1.165) is 32.5 Å². The molecule has 2 heteroatoms. The molecule has 0 aromatic heterocycles. The second-order valence-corrected chi connectivity index (χ2v) is 6.79. The molecule has 1 unspecified atom stereocenters. The molecular weight excluding hydrogens is 246 g/mol. The van der Waals surface area contributed by atoms with Crippen LogP contribution in [0.25, 0.3) is 0 Å². The van der Waals surface area contributed by atoms with Gasteiger partial charge in [-0.25, -0.2) is 0 Å². The van der Waals surface area contributed by atoms with E-state index < -0.39 is 0 Å². The molecule has 2 nitrogen and oxygen atoms in total. The summed E-state index contributed by atoms with van der Waals surface area (Å²) in [4.78, 5) is 0. The SMILES string of the molecule is CCCNCC(OCCC(C)(C)C)c1cccc(C)c1. The first-order valence-electron chi connectivity index (χ1n) is 7.81. The lowest BCUT2D eigenvalue weighted by Gasteiger charge is -2.23. The molecule has 1 rings (SSSR count). The Bertz CT molecular complexity index is 381. The van der Waals surface area contributed by atoms with Gasteiger partial charge < -0.3 is 10.1 Å². The Labute approximate surface area is 124 Å². The van der Waals surface area contributed by atoms with Crippen molar-refractivity contribution in [3.8, 4) is 0 Å². The van der Waals surface area contributed by atoms with Crippen LogP contribution in [-0.2, 0) is 4.74 Å². The van der Waals surface area contributed by atoms with Crippen LogP contribution in [0.3, 0.4) is 0 Å². The predicted molar refractivity (Wildman–Crippen MR) is 87.1 cm³/mol. The number of hydrogen-bond acceptors (Lipinski definition) is 2. The lowest BCUT2D eigenvalue weighted by atomic mass is 9.93. The fraction of sp³-hybridized carbons (Fsp3) is 0.667. The van der Waals surface area contributed by atoms with Gasteiger partial charge in [-0.3, -0.25) is 0 Å². The van der Waals surface area contributed by atoms with Crippen LogP contribution in [0.1, 0.15) is 57.8 Å². The highest BCUT2D eigenvalue weighted by Crippen LogP contribution is 2.22. The van der Waals surface area contributed by atoms with Crippen molar-refractivity contribution in [2.45, 2.75) is 53.6 Å². The first-order chi connectivity index (χ1) is 9.42. The van der Waals surface area contributed by atoms with E-state index in [2.05, 4.69) is 64.2 Å². The molecule has 1 aromatic carbocycles. The highest BCUT2D eigenvalue weighted by Gasteiger charge is 2.15. The van der Waals surface area contributed by atoms with Crippen molar-refractivity contribution in [3.63, 3.8) is 0 Å². The Morgan fingerprint density at radius 1 is 1.25 bits per heavy atom. The smallest absolute Gasteiger partial charge is 0.0949 e. The summed E-state index contributed by atoms with van der Waals surface area (Å²) in [6.07, 6.45) is 2.40. The highest BCUT2D eigenvalue weighted by atomic mass is 16.5. The minimum absolute atomic E-state index is 0.156. The maximum Gasteiger partial charge on any atom is 0.0949 e. The molecule has 0 radical (unpaired) electrons. The Morgan fingerprint density at radius 2 is 2.00 bits per heavy atom. The zero-order valence-electron chi connectivity index (χ0n) is 13.8. The molecule has 0 spiro atoms. The number of aryl methyl sites for hydroxylation is 1. The third-order valence-corrected chi connectivity index (χ3v) is 3.34. The summed E-state index contributed by atoms with van der Waals surface area (Å²) in [6, 6.07) is 8.65. The van der Waals surface area contributed by atoms with E-state index in [-0.39, 0.29) is 6.10 Å². The summed E-state index contributed by atoms with van der Waals surface area (Å²) < 4.78 is 6.14. The third-order valence-electron chi connectivity index (χ3n) is 3.34. The summed E-state index contributed by atoms with van der Waals surface area (Å²) in [5.41, 5.74) is 2.90. The largest absolute Gasteiger partial charge is 0.372 e. The van der Waals surface area contributed by atoms with Crippen LogP contribution in [0.5, 0.6) is 0 Å². The first-order valence-corrected chi connectivity index (χ1v) is 7.81. The van der Waals surface area contributed by atoms with Crippen LogP contribution in [0, 0.1) is 12.3 Å². The molecule has 0 saturated heterocycles. The lowest BCUT2D eigenvalue weighted by Crippen LogP contribution is -2.25. The van der Waals surface area contributed by atoms with Gasteiger partial charge in [-0.05, 0) is 37.3 Å². The van der Waals surface area contributed by atoms with Crippen molar-refractivity contribution in [3.05, 3.63) is 35.4 Å². The standard InChI is InChI=1S/C18H31NO/c1-6-11-19-14-17(20-12-10-18(3,4)5)16-9-7-8-15(2)13-16/h7-9,13,17,19H,6,10-12,14H2,1-5H3. The number of hydrogen-bond donors (Lipinski definition) is 1. The second-order valence-electron chi connectivity index (χ2n) is 6.79. The molecule has 0 heterocycles. The zero-order chi connectivity index (χ0) is 15.0. The molecule has 1 atom stereocenters. The van der Waals surface area contributed by atoms with E-state index in [4.69, 9.17) is 4.74 Å². The molecule has 0 saturated carbocycles. The number of benzene rings is 1. The zero-order valence-corrected chi connectivity index (χ0v) is 13.8. The molecule has 114 valence electrons. The molecule has 0 aliphatic carbocycles. The van der Waals surface area contributed by atoms with Gasteiger partial charge in [-0.1, -0.05) is 57.5 Å². The molecule has 1 aromatic rings. The minimum Gasteiger partial charge on any atom is -0.372 e. The Morgan fingerprint density at radius 3 is 2.60 bits per heavy atom. The highest BCUT2D eigenvalue weighted by molar-refractivity contribution is 5.24. The lowest BCUT2D eigenvalue weighted by molar-refractivity contribution is 0.0370. The van der Waals surface area contributed by atoms with Crippen molar-refractivity contribution in [1.82, 2.24) is 5.32 Å². The molecular formula is C18H31NO. The summed E-state index contributed by atoms with van der Waals surface area (Å²) in [5.74, 6) is 0. The van der Waals surface area contributed by atoms with Crippen molar-refractivity contribution in [1.29, 1.82) is 0 Å². The number of rotatable bonds is 8. The van der Waals surface area contributed by atoms with Gasteiger partial charge in [0.15, 0.2) is 0 Å². The topological polar surface area (TPSA) is 21.3 Å². The maximum atomic E-state index is 6.14. The predicted octanol–water partition coefficient (Wildman–Crippen LogP) is 4.49. The fourth-order valence-electron chi connectivity index (χ4n) is 2.06. The van der Waals surface area contributed by atoms with Crippen molar-refractivity contribution >= 4 is 0 Å². The van der Waals surface area contributed by atoms with E-state index in [9.17, 15) is 0 Å². The van der Waals surface area contributed by atoms with Crippen LogP contribution < -0.4 is 5.32 Å². The quantitative estimate of drug-likeness (QED) is 0.707. The minimum atomic E-state index is 0.156. The number of ether oxygens (including phenoxy) is 1. The Kier molecular flexibility index (Phi) is 7.25. The summed E-state index contributed by atoms with van der Waals surface area (Å²) in [5, 5.41) is 3.48. The van der Waals surface area contributed by atoms with Gasteiger partial charge in [0.1, 0.15) is 0 Å². The van der Waals surface area contributed by atoms with Crippen molar-refractivity contribution in [2.75, 3.05) is 19.7 Å². The summed E-state index contributed by atoms with van der Waals surface area (Å²) in [6.45, 7) is 13.8. The molecule has 0 aliphatic heterocycles. The van der Waals surface area contributed by atoms with Crippen LogP contribution in [0.2, 0.25) is 0 Å².